The van der Waals surface area contributed by atoms with E-state index in [9.17, 15) is 0 Å². The van der Waals surface area contributed by atoms with E-state index in [-0.39, 0.29) is 0 Å². The highest BCUT2D eigenvalue weighted by molar-refractivity contribution is 9.11. The van der Waals surface area contributed by atoms with E-state index < -0.39 is 0 Å². The largest absolute Gasteiger partial charge is 0.399 e. The monoisotopic (exact) mass is 800 g/mol. The second-order valence-corrected chi connectivity index (χ2v) is 13.6. The summed E-state index contributed by atoms with van der Waals surface area (Å²) < 4.78 is 4.04. The van der Waals surface area contributed by atoms with Crippen LogP contribution in [-0.4, -0.2) is 0 Å². The van der Waals surface area contributed by atoms with Gasteiger partial charge in [0.2, 0.25) is 0 Å². The predicted molar refractivity (Wildman–Crippen MR) is 193 cm³/mol. The first kappa shape index (κ1) is 28.9. The first-order chi connectivity index (χ1) is 20.3. The van der Waals surface area contributed by atoms with Gasteiger partial charge in [0.15, 0.2) is 0 Å². The molecule has 6 aromatic rings. The highest BCUT2D eigenvalue weighted by Crippen LogP contribution is 2.54. The lowest BCUT2D eigenvalue weighted by atomic mass is 9.77. The van der Waals surface area contributed by atoms with Gasteiger partial charge in [-0.15, -0.1) is 0 Å². The zero-order valence-electron chi connectivity index (χ0n) is 22.2. The molecule has 6 aromatic carbocycles. The Bertz CT molecular complexity index is 1760. The Balaban J connectivity index is 1.87. The number of anilines is 2. The zero-order valence-corrected chi connectivity index (χ0v) is 28.6. The highest BCUT2D eigenvalue weighted by atomic mass is 79.9. The number of hydrogen-bond acceptors (Lipinski definition) is 2. The van der Waals surface area contributed by atoms with Gasteiger partial charge in [-0.05, 0) is 94.0 Å². The summed E-state index contributed by atoms with van der Waals surface area (Å²) >= 11 is 14.5. The molecule has 0 atom stereocenters. The Morgan fingerprint density at radius 1 is 0.286 bits per heavy atom. The fraction of sp³-hybridized carbons (Fsp3) is 0. The van der Waals surface area contributed by atoms with Crippen LogP contribution in [0.5, 0.6) is 0 Å². The van der Waals surface area contributed by atoms with Crippen molar-refractivity contribution in [2.75, 3.05) is 11.5 Å². The molecule has 4 N–H and O–H groups in total. The third kappa shape index (κ3) is 5.73. The van der Waals surface area contributed by atoms with Crippen molar-refractivity contribution < 1.29 is 0 Å². The van der Waals surface area contributed by atoms with Crippen LogP contribution in [0, 0.1) is 0 Å². The zero-order chi connectivity index (χ0) is 29.4. The molecule has 0 saturated heterocycles. The first-order valence-electron chi connectivity index (χ1n) is 13.2. The average Bonchev–Trinajstić information content (AvgIpc) is 2.99. The van der Waals surface area contributed by atoms with Crippen molar-refractivity contribution in [1.29, 1.82) is 0 Å². The van der Waals surface area contributed by atoms with Gasteiger partial charge in [-0.3, -0.25) is 0 Å². The van der Waals surface area contributed by atoms with E-state index in [4.69, 9.17) is 11.5 Å². The van der Waals surface area contributed by atoms with Gasteiger partial charge in [-0.2, -0.15) is 0 Å². The normalized spacial score (nSPS) is 11.0. The number of benzene rings is 6. The van der Waals surface area contributed by atoms with Gasteiger partial charge in [0.1, 0.15) is 0 Å². The fourth-order valence-corrected chi connectivity index (χ4v) is 6.41. The molecule has 42 heavy (non-hydrogen) atoms. The van der Waals surface area contributed by atoms with Gasteiger partial charge in [-0.25, -0.2) is 0 Å². The lowest BCUT2D eigenvalue weighted by molar-refractivity contribution is 1.51. The minimum atomic E-state index is 0.714. The molecule has 6 rings (SSSR count). The number of nitrogen functional groups attached to an aromatic ring is 2. The number of nitrogens with two attached hydrogens (primary N) is 2. The maximum Gasteiger partial charge on any atom is 0.0486 e. The van der Waals surface area contributed by atoms with Crippen LogP contribution < -0.4 is 11.5 Å². The van der Waals surface area contributed by atoms with E-state index in [0.29, 0.717) is 5.69 Å². The van der Waals surface area contributed by atoms with Crippen molar-refractivity contribution in [1.82, 2.24) is 0 Å². The smallest absolute Gasteiger partial charge is 0.0486 e. The Kier molecular flexibility index (Phi) is 8.42. The van der Waals surface area contributed by atoms with Crippen molar-refractivity contribution in [3.63, 3.8) is 0 Å². The van der Waals surface area contributed by atoms with Crippen LogP contribution >= 0.6 is 63.7 Å². The standard InChI is InChI=1S/C36H24Br4N2/c37-26-11-1-21(2-12-26)32-31(23-9-19-30(41)20-10-23)33(22-3-13-27(38)14-4-22)35(25-7-17-29(40)18-8-25)36(42)34(32)24-5-15-28(39)16-6-24/h1-20H,41-42H2. The molecule has 0 spiro atoms. The molecule has 0 amide bonds. The average molecular weight is 804 g/mol. The summed E-state index contributed by atoms with van der Waals surface area (Å²) in [4.78, 5) is 0. The first-order valence-corrected chi connectivity index (χ1v) is 16.4. The Morgan fingerprint density at radius 2 is 0.500 bits per heavy atom. The molecule has 0 fully saturated rings. The minimum absolute atomic E-state index is 0.714. The van der Waals surface area contributed by atoms with Gasteiger partial charge in [0.05, 0.1) is 0 Å². The molecular weight excluding hydrogens is 780 g/mol. The van der Waals surface area contributed by atoms with Gasteiger partial charge in [0.25, 0.3) is 0 Å². The van der Waals surface area contributed by atoms with Crippen LogP contribution in [0.2, 0.25) is 0 Å². The Hall–Kier alpha value is -3.16. The number of halogens is 4. The molecule has 0 unspecified atom stereocenters. The molecular formula is C36H24Br4N2. The summed E-state index contributed by atoms with van der Waals surface area (Å²) in [5, 5.41) is 0. The molecule has 0 aliphatic rings. The SMILES string of the molecule is Nc1ccc(-c2c(-c3ccc(Br)cc3)c(-c3ccc(Br)cc3)c(N)c(-c3ccc(Br)cc3)c2-c2ccc(Br)cc2)cc1. The molecule has 2 nitrogen and oxygen atoms in total. The molecule has 0 aromatic heterocycles. The summed E-state index contributed by atoms with van der Waals surface area (Å²) in [5.41, 5.74) is 25.4. The van der Waals surface area contributed by atoms with Gasteiger partial charge in [-0.1, -0.05) is 124 Å². The molecule has 0 heterocycles. The lowest BCUT2D eigenvalue weighted by Gasteiger charge is -2.27. The van der Waals surface area contributed by atoms with Crippen molar-refractivity contribution in [3.05, 3.63) is 139 Å². The molecule has 206 valence electrons. The minimum Gasteiger partial charge on any atom is -0.399 e. The van der Waals surface area contributed by atoms with Crippen LogP contribution in [-0.2, 0) is 0 Å². The van der Waals surface area contributed by atoms with E-state index in [1.54, 1.807) is 0 Å². The molecule has 0 aliphatic heterocycles. The third-order valence-corrected chi connectivity index (χ3v) is 9.38. The molecule has 6 heteroatoms. The molecule has 0 radical (unpaired) electrons. The topological polar surface area (TPSA) is 52.0 Å². The predicted octanol–water partition coefficient (Wildman–Crippen LogP) is 12.2. The third-order valence-electron chi connectivity index (χ3n) is 7.27. The van der Waals surface area contributed by atoms with E-state index in [1.165, 1.54) is 0 Å². The van der Waals surface area contributed by atoms with Gasteiger partial charge < -0.3 is 11.5 Å². The fourth-order valence-electron chi connectivity index (χ4n) is 5.35. The van der Waals surface area contributed by atoms with Crippen molar-refractivity contribution in [2.45, 2.75) is 0 Å². The van der Waals surface area contributed by atoms with Crippen molar-refractivity contribution >= 4 is 75.1 Å². The Labute approximate surface area is 279 Å². The summed E-state index contributed by atoms with van der Waals surface area (Å²) in [5.74, 6) is 0. The molecule has 0 aliphatic carbocycles. The maximum atomic E-state index is 7.37. The summed E-state index contributed by atoms with van der Waals surface area (Å²) in [6, 6.07) is 41.7. The Morgan fingerprint density at radius 3 is 0.786 bits per heavy atom. The highest BCUT2D eigenvalue weighted by Gasteiger charge is 2.27. The maximum absolute atomic E-state index is 7.37. The van der Waals surface area contributed by atoms with E-state index in [2.05, 4.69) is 173 Å². The second-order valence-electron chi connectivity index (χ2n) is 9.94. The number of rotatable bonds is 5. The summed E-state index contributed by atoms with van der Waals surface area (Å²) in [6.45, 7) is 0. The van der Waals surface area contributed by atoms with Crippen LogP contribution in [0.3, 0.4) is 0 Å². The van der Waals surface area contributed by atoms with E-state index in [0.717, 1.165) is 79.2 Å². The quantitative estimate of drug-likeness (QED) is 0.171. The van der Waals surface area contributed by atoms with E-state index in [1.807, 2.05) is 12.1 Å². The van der Waals surface area contributed by atoms with Gasteiger partial charge in [0, 0.05) is 51.5 Å². The second kappa shape index (κ2) is 12.2. The van der Waals surface area contributed by atoms with Crippen LogP contribution in [0.25, 0.3) is 55.6 Å². The molecule has 0 saturated carbocycles. The number of hydrogen-bond donors (Lipinski definition) is 2. The lowest BCUT2D eigenvalue weighted by Crippen LogP contribution is -2.04. The van der Waals surface area contributed by atoms with Crippen molar-refractivity contribution in [3.8, 4) is 55.6 Å². The van der Waals surface area contributed by atoms with E-state index >= 15 is 0 Å². The summed E-state index contributed by atoms with van der Waals surface area (Å²) in [7, 11) is 0. The summed E-state index contributed by atoms with van der Waals surface area (Å²) in [6.07, 6.45) is 0. The van der Waals surface area contributed by atoms with Gasteiger partial charge >= 0.3 is 0 Å². The van der Waals surface area contributed by atoms with Crippen molar-refractivity contribution in [2.24, 2.45) is 0 Å². The van der Waals surface area contributed by atoms with Crippen LogP contribution in [0.15, 0.2) is 139 Å². The van der Waals surface area contributed by atoms with Crippen LogP contribution in [0.1, 0.15) is 0 Å². The molecule has 0 bridgehead atoms. The van der Waals surface area contributed by atoms with Crippen LogP contribution in [0.4, 0.5) is 11.4 Å².